The zero-order valence-electron chi connectivity index (χ0n) is 14.7. The highest BCUT2D eigenvalue weighted by Crippen LogP contribution is 2.53. The monoisotopic (exact) mass is 294 g/mol. The lowest BCUT2D eigenvalue weighted by Crippen LogP contribution is -2.51. The SMILES string of the molecule is CC1=C[C@]2(CC1)[C@H](C)CCC[C@H]2O[Si](C)(C)C(C)(C)C. The number of hydrogen-bond acceptors (Lipinski definition) is 1. The van der Waals surface area contributed by atoms with Crippen LogP contribution in [-0.4, -0.2) is 14.4 Å². The molecule has 0 aliphatic heterocycles. The molecule has 0 N–H and O–H groups in total. The summed E-state index contributed by atoms with van der Waals surface area (Å²) < 4.78 is 6.89. The third-order valence-electron chi connectivity index (χ3n) is 6.33. The van der Waals surface area contributed by atoms with E-state index in [9.17, 15) is 0 Å². The van der Waals surface area contributed by atoms with Gasteiger partial charge in [0.1, 0.15) is 0 Å². The van der Waals surface area contributed by atoms with Crippen LogP contribution in [0.5, 0.6) is 0 Å². The van der Waals surface area contributed by atoms with E-state index in [1.807, 2.05) is 0 Å². The summed E-state index contributed by atoms with van der Waals surface area (Å²) in [7, 11) is -1.67. The first-order chi connectivity index (χ1) is 9.08. The fourth-order valence-electron chi connectivity index (χ4n) is 3.82. The zero-order valence-corrected chi connectivity index (χ0v) is 15.7. The molecule has 2 rings (SSSR count). The molecule has 0 aromatic rings. The maximum absolute atomic E-state index is 6.89. The van der Waals surface area contributed by atoms with Crippen molar-refractivity contribution in [3.8, 4) is 0 Å². The normalized spacial score (nSPS) is 35.5. The summed E-state index contributed by atoms with van der Waals surface area (Å²) in [4.78, 5) is 0. The molecule has 0 heterocycles. The van der Waals surface area contributed by atoms with E-state index in [0.717, 1.165) is 5.92 Å². The number of allylic oxidation sites excluding steroid dienone is 1. The van der Waals surface area contributed by atoms with Crippen LogP contribution in [0.25, 0.3) is 0 Å². The minimum absolute atomic E-state index is 0.312. The van der Waals surface area contributed by atoms with Gasteiger partial charge < -0.3 is 4.43 Å². The summed E-state index contributed by atoms with van der Waals surface area (Å²) in [5, 5.41) is 0.312. The van der Waals surface area contributed by atoms with Gasteiger partial charge in [0.2, 0.25) is 0 Å². The molecule has 0 unspecified atom stereocenters. The zero-order chi connectivity index (χ0) is 15.2. The first-order valence-corrected chi connectivity index (χ1v) is 11.4. The fraction of sp³-hybridized carbons (Fsp3) is 0.889. The molecular formula is C18H34OSi. The van der Waals surface area contributed by atoms with Crippen molar-refractivity contribution in [1.29, 1.82) is 0 Å². The number of rotatable bonds is 2. The van der Waals surface area contributed by atoms with Gasteiger partial charge in [0.25, 0.3) is 0 Å². The van der Waals surface area contributed by atoms with Crippen molar-refractivity contribution in [3.05, 3.63) is 11.6 Å². The maximum atomic E-state index is 6.89. The Morgan fingerprint density at radius 2 is 1.90 bits per heavy atom. The molecule has 2 aliphatic rings. The van der Waals surface area contributed by atoms with Gasteiger partial charge in [-0.2, -0.15) is 0 Å². The summed E-state index contributed by atoms with van der Waals surface area (Å²) in [6.45, 7) is 16.6. The lowest BCUT2D eigenvalue weighted by molar-refractivity contribution is -0.00584. The minimum atomic E-state index is -1.67. The van der Waals surface area contributed by atoms with Crippen LogP contribution in [0.3, 0.4) is 0 Å². The van der Waals surface area contributed by atoms with Crippen molar-refractivity contribution in [3.63, 3.8) is 0 Å². The summed E-state index contributed by atoms with van der Waals surface area (Å²) in [5.74, 6) is 0.781. The van der Waals surface area contributed by atoms with Gasteiger partial charge in [0.05, 0.1) is 6.10 Å². The summed E-state index contributed by atoms with van der Waals surface area (Å²) in [5.41, 5.74) is 1.93. The Morgan fingerprint density at radius 3 is 2.40 bits per heavy atom. The van der Waals surface area contributed by atoms with Crippen LogP contribution in [0, 0.1) is 11.3 Å². The van der Waals surface area contributed by atoms with Gasteiger partial charge in [-0.1, -0.05) is 45.8 Å². The molecule has 0 saturated heterocycles. The van der Waals surface area contributed by atoms with Gasteiger partial charge in [0, 0.05) is 5.41 Å². The Balaban J connectivity index is 2.25. The van der Waals surface area contributed by atoms with Gasteiger partial charge in [-0.25, -0.2) is 0 Å². The first-order valence-electron chi connectivity index (χ1n) is 8.45. The highest BCUT2D eigenvalue weighted by molar-refractivity contribution is 6.74. The van der Waals surface area contributed by atoms with Crippen LogP contribution in [-0.2, 0) is 4.43 Å². The molecule has 2 heteroatoms. The van der Waals surface area contributed by atoms with Crippen LogP contribution < -0.4 is 0 Å². The van der Waals surface area contributed by atoms with Crippen molar-refractivity contribution in [2.45, 2.75) is 91.0 Å². The van der Waals surface area contributed by atoms with E-state index >= 15 is 0 Å². The van der Waals surface area contributed by atoms with Crippen molar-refractivity contribution in [2.75, 3.05) is 0 Å². The molecule has 20 heavy (non-hydrogen) atoms. The van der Waals surface area contributed by atoms with Crippen LogP contribution in [0.4, 0.5) is 0 Å². The molecule has 0 aromatic carbocycles. The Hall–Kier alpha value is -0.0831. The summed E-state index contributed by atoms with van der Waals surface area (Å²) >= 11 is 0. The third kappa shape index (κ3) is 2.78. The second-order valence-electron chi connectivity index (χ2n) is 8.80. The largest absolute Gasteiger partial charge is 0.413 e. The van der Waals surface area contributed by atoms with E-state index in [2.05, 4.69) is 53.8 Å². The molecule has 2 aliphatic carbocycles. The van der Waals surface area contributed by atoms with E-state index in [1.54, 1.807) is 5.57 Å². The standard InChI is InChI=1S/C18H34OSi/c1-14-11-12-18(13-14)15(2)9-8-10-16(18)19-20(6,7)17(3,4)5/h13,15-16H,8-12H2,1-7H3/t15-,16-,18-/m1/s1. The summed E-state index contributed by atoms with van der Waals surface area (Å²) in [6.07, 6.45) is 9.64. The van der Waals surface area contributed by atoms with Crippen molar-refractivity contribution in [2.24, 2.45) is 11.3 Å². The quantitative estimate of drug-likeness (QED) is 0.453. The van der Waals surface area contributed by atoms with Crippen LogP contribution in [0.1, 0.15) is 66.7 Å². The summed E-state index contributed by atoms with van der Waals surface area (Å²) in [6, 6.07) is 0. The predicted octanol–water partition coefficient (Wildman–Crippen LogP) is 5.92. The molecule has 1 saturated carbocycles. The third-order valence-corrected chi connectivity index (χ3v) is 10.8. The second kappa shape index (κ2) is 5.28. The molecule has 1 spiro atoms. The molecule has 0 amide bonds. The topological polar surface area (TPSA) is 9.23 Å². The Kier molecular flexibility index (Phi) is 4.30. The van der Waals surface area contributed by atoms with E-state index in [0.29, 0.717) is 16.6 Å². The van der Waals surface area contributed by atoms with Crippen molar-refractivity contribution < 1.29 is 4.43 Å². The highest BCUT2D eigenvalue weighted by atomic mass is 28.4. The highest BCUT2D eigenvalue weighted by Gasteiger charge is 2.50. The number of hydrogen-bond donors (Lipinski definition) is 0. The average Bonchev–Trinajstić information content (AvgIpc) is 2.67. The first kappa shape index (κ1) is 16.3. The van der Waals surface area contributed by atoms with E-state index < -0.39 is 8.32 Å². The van der Waals surface area contributed by atoms with Crippen LogP contribution in [0.15, 0.2) is 11.6 Å². The maximum Gasteiger partial charge on any atom is 0.192 e. The Bertz CT molecular complexity index is 391. The van der Waals surface area contributed by atoms with Gasteiger partial charge in [0.15, 0.2) is 8.32 Å². The Morgan fingerprint density at radius 1 is 1.25 bits per heavy atom. The van der Waals surface area contributed by atoms with Gasteiger partial charge in [-0.3, -0.25) is 0 Å². The van der Waals surface area contributed by atoms with Crippen molar-refractivity contribution >= 4 is 8.32 Å². The molecule has 1 fully saturated rings. The molecular weight excluding hydrogens is 260 g/mol. The fourth-order valence-corrected chi connectivity index (χ4v) is 5.23. The van der Waals surface area contributed by atoms with Gasteiger partial charge >= 0.3 is 0 Å². The molecule has 3 atom stereocenters. The average molecular weight is 295 g/mol. The predicted molar refractivity (Wildman–Crippen MR) is 90.5 cm³/mol. The molecule has 1 nitrogen and oxygen atoms in total. The van der Waals surface area contributed by atoms with E-state index in [1.165, 1.54) is 32.1 Å². The second-order valence-corrected chi connectivity index (χ2v) is 13.6. The van der Waals surface area contributed by atoms with E-state index in [4.69, 9.17) is 4.43 Å². The molecule has 0 radical (unpaired) electrons. The molecule has 116 valence electrons. The van der Waals surface area contributed by atoms with Crippen molar-refractivity contribution in [1.82, 2.24) is 0 Å². The van der Waals surface area contributed by atoms with Crippen LogP contribution >= 0.6 is 0 Å². The lowest BCUT2D eigenvalue weighted by atomic mass is 9.65. The van der Waals surface area contributed by atoms with Gasteiger partial charge in [-0.15, -0.1) is 0 Å². The lowest BCUT2D eigenvalue weighted by Gasteiger charge is -2.50. The van der Waals surface area contributed by atoms with E-state index in [-0.39, 0.29) is 0 Å². The van der Waals surface area contributed by atoms with Gasteiger partial charge in [-0.05, 0) is 56.7 Å². The minimum Gasteiger partial charge on any atom is -0.413 e. The molecule has 0 bridgehead atoms. The molecule has 0 aromatic heterocycles. The van der Waals surface area contributed by atoms with Crippen LogP contribution in [0.2, 0.25) is 18.1 Å². The Labute approximate surface area is 127 Å². The smallest absolute Gasteiger partial charge is 0.192 e.